The van der Waals surface area contributed by atoms with Crippen molar-refractivity contribution >= 4 is 16.7 Å². The fourth-order valence-corrected chi connectivity index (χ4v) is 4.52. The summed E-state index contributed by atoms with van der Waals surface area (Å²) in [6.07, 6.45) is 3.27. The summed E-state index contributed by atoms with van der Waals surface area (Å²) in [7, 11) is 0. The second-order valence-electron chi connectivity index (χ2n) is 8.06. The molecule has 30 heavy (non-hydrogen) atoms. The van der Waals surface area contributed by atoms with Gasteiger partial charge in [-0.1, -0.05) is 36.4 Å². The monoisotopic (exact) mass is 407 g/mol. The van der Waals surface area contributed by atoms with Crippen LogP contribution >= 0.6 is 0 Å². The van der Waals surface area contributed by atoms with Crippen LogP contribution in [0.2, 0.25) is 0 Å². The molecule has 1 fully saturated rings. The van der Waals surface area contributed by atoms with Gasteiger partial charge in [-0.2, -0.15) is 0 Å². The highest BCUT2D eigenvalue weighted by molar-refractivity contribution is 5.86. The Morgan fingerprint density at radius 3 is 2.73 bits per heavy atom. The van der Waals surface area contributed by atoms with Crippen molar-refractivity contribution in [2.45, 2.75) is 44.2 Å². The minimum absolute atomic E-state index is 0.176. The van der Waals surface area contributed by atoms with Crippen LogP contribution in [0.3, 0.4) is 0 Å². The lowest BCUT2D eigenvalue weighted by Gasteiger charge is -2.21. The van der Waals surface area contributed by atoms with Gasteiger partial charge in [0.05, 0.1) is 0 Å². The van der Waals surface area contributed by atoms with Crippen LogP contribution in [0.25, 0.3) is 10.8 Å². The van der Waals surface area contributed by atoms with E-state index in [0.29, 0.717) is 17.7 Å². The van der Waals surface area contributed by atoms with E-state index in [2.05, 4.69) is 18.3 Å². The number of benzene rings is 3. The lowest BCUT2D eigenvalue weighted by atomic mass is 9.96. The fourth-order valence-electron chi connectivity index (χ4n) is 4.52. The van der Waals surface area contributed by atoms with Crippen molar-refractivity contribution in [3.05, 3.63) is 77.6 Å². The van der Waals surface area contributed by atoms with Crippen LogP contribution in [-0.2, 0) is 4.79 Å². The number of rotatable bonds is 7. The predicted octanol–water partition coefficient (Wildman–Crippen LogP) is 5.43. The van der Waals surface area contributed by atoms with Gasteiger partial charge in [-0.05, 0) is 78.3 Å². The van der Waals surface area contributed by atoms with Crippen LogP contribution in [0.1, 0.15) is 49.3 Å². The molecule has 1 aliphatic rings. The zero-order valence-corrected chi connectivity index (χ0v) is 17.0. The third kappa shape index (κ3) is 4.62. The van der Waals surface area contributed by atoms with Crippen LogP contribution < -0.4 is 10.1 Å². The Bertz CT molecular complexity index is 1030. The van der Waals surface area contributed by atoms with Crippen molar-refractivity contribution in [1.29, 1.82) is 0 Å². The van der Waals surface area contributed by atoms with Gasteiger partial charge in [0.15, 0.2) is 6.61 Å². The highest BCUT2D eigenvalue weighted by Crippen LogP contribution is 2.36. The van der Waals surface area contributed by atoms with E-state index < -0.39 is 5.97 Å². The average Bonchev–Trinajstić information content (AvgIpc) is 3.20. The van der Waals surface area contributed by atoms with E-state index >= 15 is 0 Å². The van der Waals surface area contributed by atoms with E-state index in [4.69, 9.17) is 9.84 Å². The van der Waals surface area contributed by atoms with Gasteiger partial charge in [0.25, 0.3) is 0 Å². The molecule has 1 aliphatic carbocycles. The molecule has 0 bridgehead atoms. The first kappa shape index (κ1) is 20.4. The zero-order valence-electron chi connectivity index (χ0n) is 17.0. The molecule has 0 heterocycles. The maximum Gasteiger partial charge on any atom is 0.341 e. The van der Waals surface area contributed by atoms with E-state index in [0.717, 1.165) is 30.0 Å². The topological polar surface area (TPSA) is 58.6 Å². The number of halogens is 1. The van der Waals surface area contributed by atoms with Gasteiger partial charge in [-0.25, -0.2) is 9.18 Å². The maximum absolute atomic E-state index is 13.6. The molecule has 2 unspecified atom stereocenters. The Kier molecular flexibility index (Phi) is 6.00. The van der Waals surface area contributed by atoms with Gasteiger partial charge in [0.2, 0.25) is 0 Å². The Morgan fingerprint density at radius 1 is 1.17 bits per heavy atom. The summed E-state index contributed by atoms with van der Waals surface area (Å²) in [5.41, 5.74) is 2.45. The number of aliphatic carboxylic acids is 1. The molecule has 4 nitrogen and oxygen atoms in total. The number of carboxylic acids is 1. The minimum atomic E-state index is -0.978. The molecule has 5 heteroatoms. The first-order chi connectivity index (χ1) is 14.5. The Labute approximate surface area is 175 Å². The summed E-state index contributed by atoms with van der Waals surface area (Å²) in [4.78, 5) is 10.6. The number of ether oxygens (including phenoxy) is 1. The second-order valence-corrected chi connectivity index (χ2v) is 8.06. The van der Waals surface area contributed by atoms with Crippen LogP contribution in [0.5, 0.6) is 5.75 Å². The van der Waals surface area contributed by atoms with Crippen LogP contribution in [0, 0.1) is 5.82 Å². The molecule has 156 valence electrons. The Balaban J connectivity index is 1.39. The molecule has 3 atom stereocenters. The molecule has 3 aromatic carbocycles. The van der Waals surface area contributed by atoms with Gasteiger partial charge in [-0.15, -0.1) is 0 Å². The molecule has 0 radical (unpaired) electrons. The summed E-state index contributed by atoms with van der Waals surface area (Å²) in [6, 6.07) is 19.4. The molecule has 3 aromatic rings. The van der Waals surface area contributed by atoms with Crippen LogP contribution in [0.15, 0.2) is 60.7 Å². The Morgan fingerprint density at radius 2 is 1.97 bits per heavy atom. The molecule has 2 N–H and O–H groups in total. The van der Waals surface area contributed by atoms with Gasteiger partial charge in [0, 0.05) is 12.1 Å². The van der Waals surface area contributed by atoms with Crippen molar-refractivity contribution in [2.24, 2.45) is 0 Å². The SMILES string of the molecule is C[C@@H](NC1CCC(c2ccc(OCC(=O)O)cc2)C1)c1cccc2cc(F)ccc12. The van der Waals surface area contributed by atoms with Crippen molar-refractivity contribution < 1.29 is 19.0 Å². The van der Waals surface area contributed by atoms with Crippen LogP contribution in [0.4, 0.5) is 4.39 Å². The summed E-state index contributed by atoms with van der Waals surface area (Å²) >= 11 is 0. The molecular formula is C25H26FNO3. The zero-order chi connectivity index (χ0) is 21.1. The molecule has 0 amide bonds. The van der Waals surface area contributed by atoms with Crippen molar-refractivity contribution in [3.8, 4) is 5.75 Å². The summed E-state index contributed by atoms with van der Waals surface area (Å²) < 4.78 is 18.8. The van der Waals surface area contributed by atoms with E-state index in [1.807, 2.05) is 42.5 Å². The third-order valence-electron chi connectivity index (χ3n) is 5.97. The number of carboxylic acid groups (broad SMARTS) is 1. The van der Waals surface area contributed by atoms with Gasteiger partial charge in [0.1, 0.15) is 11.6 Å². The number of fused-ring (bicyclic) bond motifs is 1. The summed E-state index contributed by atoms with van der Waals surface area (Å²) in [6.45, 7) is 1.84. The normalized spacial score (nSPS) is 19.7. The molecule has 0 aliphatic heterocycles. The van der Waals surface area contributed by atoms with Crippen molar-refractivity contribution in [2.75, 3.05) is 6.61 Å². The fraction of sp³-hybridized carbons (Fsp3) is 0.320. The summed E-state index contributed by atoms with van der Waals surface area (Å²) in [5.74, 6) is -0.132. The second kappa shape index (κ2) is 8.84. The van der Waals surface area contributed by atoms with Gasteiger partial charge in [-0.3, -0.25) is 0 Å². The molecule has 0 saturated heterocycles. The maximum atomic E-state index is 13.6. The standard InChI is InChI=1S/C25H26FNO3/c1-16(23-4-2-3-19-13-20(26)8-12-24(19)23)27-21-9-5-18(14-21)17-6-10-22(11-7-17)30-15-25(28)29/h2-4,6-8,10-13,16,18,21,27H,5,9,14-15H2,1H3,(H,28,29)/t16-,18?,21?/m1/s1. The highest BCUT2D eigenvalue weighted by atomic mass is 19.1. The number of carbonyl (C=O) groups is 1. The molecule has 1 saturated carbocycles. The van der Waals surface area contributed by atoms with Crippen molar-refractivity contribution in [1.82, 2.24) is 5.32 Å². The number of hydrogen-bond donors (Lipinski definition) is 2. The molecule has 0 spiro atoms. The first-order valence-electron chi connectivity index (χ1n) is 10.4. The predicted molar refractivity (Wildman–Crippen MR) is 115 cm³/mol. The van der Waals surface area contributed by atoms with Gasteiger partial charge >= 0.3 is 5.97 Å². The van der Waals surface area contributed by atoms with E-state index in [1.54, 1.807) is 6.07 Å². The van der Waals surface area contributed by atoms with Gasteiger partial charge < -0.3 is 15.2 Å². The van der Waals surface area contributed by atoms with E-state index in [9.17, 15) is 9.18 Å². The van der Waals surface area contributed by atoms with E-state index in [1.165, 1.54) is 17.2 Å². The quantitative estimate of drug-likeness (QED) is 0.548. The third-order valence-corrected chi connectivity index (χ3v) is 5.97. The van der Waals surface area contributed by atoms with Crippen LogP contribution in [-0.4, -0.2) is 23.7 Å². The first-order valence-corrected chi connectivity index (χ1v) is 10.4. The molecule has 0 aromatic heterocycles. The van der Waals surface area contributed by atoms with E-state index in [-0.39, 0.29) is 18.5 Å². The number of hydrogen-bond acceptors (Lipinski definition) is 3. The average molecular weight is 407 g/mol. The highest BCUT2D eigenvalue weighted by Gasteiger charge is 2.27. The lowest BCUT2D eigenvalue weighted by Crippen LogP contribution is -2.29. The molecule has 4 rings (SSSR count). The summed E-state index contributed by atoms with van der Waals surface area (Å²) in [5, 5.41) is 14.5. The van der Waals surface area contributed by atoms with Crippen molar-refractivity contribution in [3.63, 3.8) is 0 Å². The Hall–Kier alpha value is -2.92. The molecular weight excluding hydrogens is 381 g/mol. The largest absolute Gasteiger partial charge is 0.482 e. The lowest BCUT2D eigenvalue weighted by molar-refractivity contribution is -0.139. The smallest absolute Gasteiger partial charge is 0.341 e. The number of nitrogens with one attached hydrogen (secondary N) is 1. The minimum Gasteiger partial charge on any atom is -0.482 e.